The van der Waals surface area contributed by atoms with E-state index in [1.807, 2.05) is 0 Å². The average molecular weight is 137 g/mol. The van der Waals surface area contributed by atoms with E-state index in [1.165, 1.54) is 0 Å². The number of rotatable bonds is 0. The molecule has 48 valence electrons. The average Bonchev–Trinajstić information content (AvgIpc) is 1.77. The van der Waals surface area contributed by atoms with Crippen LogP contribution in [0.25, 0.3) is 0 Å². The van der Waals surface area contributed by atoms with Gasteiger partial charge in [-0.3, -0.25) is 0 Å². The van der Waals surface area contributed by atoms with Crippen molar-refractivity contribution in [3.63, 3.8) is 0 Å². The van der Waals surface area contributed by atoms with Crippen LogP contribution < -0.4 is 0 Å². The highest BCUT2D eigenvalue weighted by atomic mass is 35.5. The van der Waals surface area contributed by atoms with E-state index in [2.05, 4.69) is 0 Å². The monoisotopic (exact) mass is 136 g/mol. The van der Waals surface area contributed by atoms with E-state index in [0.29, 0.717) is 6.42 Å². The van der Waals surface area contributed by atoms with Crippen LogP contribution in [0.2, 0.25) is 0 Å². The lowest BCUT2D eigenvalue weighted by molar-refractivity contribution is 0.256. The van der Waals surface area contributed by atoms with Crippen LogP contribution in [-0.4, -0.2) is 11.5 Å². The Morgan fingerprint density at radius 2 is 1.88 bits per heavy atom. The summed E-state index contributed by atoms with van der Waals surface area (Å²) >= 11 is 5.59. The molecule has 1 fully saturated rings. The van der Waals surface area contributed by atoms with Crippen LogP contribution in [0.5, 0.6) is 0 Å². The summed E-state index contributed by atoms with van der Waals surface area (Å²) in [4.78, 5) is 0. The zero-order valence-electron chi connectivity index (χ0n) is 4.74. The molecule has 0 heterocycles. The van der Waals surface area contributed by atoms with Crippen molar-refractivity contribution in [2.24, 2.45) is 0 Å². The molecule has 0 bridgehead atoms. The van der Waals surface area contributed by atoms with Crippen molar-refractivity contribution in [2.45, 2.75) is 37.2 Å². The lowest BCUT2D eigenvalue weighted by Crippen LogP contribution is -2.20. The molecule has 2 heteroatoms. The zero-order chi connectivity index (χ0) is 5.98. The van der Waals surface area contributed by atoms with Crippen LogP contribution in [0.1, 0.15) is 25.7 Å². The molecule has 1 aliphatic rings. The van der Waals surface area contributed by atoms with E-state index in [9.17, 15) is 4.39 Å². The Balaban J connectivity index is 2.28. The van der Waals surface area contributed by atoms with Gasteiger partial charge in [0, 0.05) is 0 Å². The van der Waals surface area contributed by atoms with Crippen molar-refractivity contribution >= 4 is 11.6 Å². The van der Waals surface area contributed by atoms with Crippen LogP contribution in [0.4, 0.5) is 4.39 Å². The Morgan fingerprint density at radius 1 is 1.25 bits per heavy atom. The lowest BCUT2D eigenvalue weighted by atomic mass is 9.99. The number of halogens is 2. The SMILES string of the molecule is F[C@@H]1CCCC[C@H]1Cl. The Bertz CT molecular complexity index is 64.9. The summed E-state index contributed by atoms with van der Waals surface area (Å²) in [5.41, 5.74) is 0. The summed E-state index contributed by atoms with van der Waals surface area (Å²) in [5.74, 6) is 0. The molecule has 0 radical (unpaired) electrons. The minimum absolute atomic E-state index is 0.191. The molecule has 0 aromatic carbocycles. The Kier molecular flexibility index (Phi) is 2.12. The van der Waals surface area contributed by atoms with E-state index in [0.717, 1.165) is 19.3 Å². The summed E-state index contributed by atoms with van der Waals surface area (Å²) in [7, 11) is 0. The van der Waals surface area contributed by atoms with Gasteiger partial charge in [-0.25, -0.2) is 4.39 Å². The van der Waals surface area contributed by atoms with Crippen LogP contribution >= 0.6 is 11.6 Å². The number of hydrogen-bond acceptors (Lipinski definition) is 0. The van der Waals surface area contributed by atoms with E-state index < -0.39 is 6.17 Å². The smallest absolute Gasteiger partial charge is 0.116 e. The fourth-order valence-electron chi connectivity index (χ4n) is 1.04. The normalized spacial score (nSPS) is 39.8. The molecule has 0 spiro atoms. The molecule has 0 aromatic heterocycles. The molecule has 0 nitrogen and oxygen atoms in total. The Hall–Kier alpha value is 0.220. The first-order valence-corrected chi connectivity index (χ1v) is 3.52. The minimum Gasteiger partial charge on any atom is -0.246 e. The maximum Gasteiger partial charge on any atom is 0.116 e. The molecule has 1 rings (SSSR count). The predicted octanol–water partition coefficient (Wildman–Crippen LogP) is 2.51. The zero-order valence-corrected chi connectivity index (χ0v) is 5.49. The standard InChI is InChI=1S/C6H10ClF/c7-5-3-1-2-4-6(5)8/h5-6H,1-4H2/t5-,6-/m1/s1. The van der Waals surface area contributed by atoms with Crippen molar-refractivity contribution < 1.29 is 4.39 Å². The van der Waals surface area contributed by atoms with E-state index in [4.69, 9.17) is 11.6 Å². The van der Waals surface area contributed by atoms with Crippen LogP contribution in [0, 0.1) is 0 Å². The molecule has 0 aromatic rings. The Labute approximate surface area is 54.0 Å². The molecule has 0 saturated heterocycles. The van der Waals surface area contributed by atoms with E-state index in [1.54, 1.807) is 0 Å². The van der Waals surface area contributed by atoms with Gasteiger partial charge in [0.15, 0.2) is 0 Å². The second-order valence-electron chi connectivity index (χ2n) is 2.32. The lowest BCUT2D eigenvalue weighted by Gasteiger charge is -2.19. The van der Waals surface area contributed by atoms with Gasteiger partial charge in [-0.05, 0) is 12.8 Å². The van der Waals surface area contributed by atoms with E-state index in [-0.39, 0.29) is 5.38 Å². The second-order valence-corrected chi connectivity index (χ2v) is 2.88. The molecule has 1 aliphatic carbocycles. The molecule has 1 saturated carbocycles. The van der Waals surface area contributed by atoms with Crippen LogP contribution in [-0.2, 0) is 0 Å². The first-order valence-electron chi connectivity index (χ1n) is 3.09. The third-order valence-corrected chi connectivity index (χ3v) is 2.09. The third kappa shape index (κ3) is 1.35. The summed E-state index contributed by atoms with van der Waals surface area (Å²) in [6.07, 6.45) is 2.93. The van der Waals surface area contributed by atoms with Gasteiger partial charge < -0.3 is 0 Å². The van der Waals surface area contributed by atoms with Gasteiger partial charge in [0.2, 0.25) is 0 Å². The first kappa shape index (κ1) is 6.34. The number of hydrogen-bond donors (Lipinski definition) is 0. The summed E-state index contributed by atoms with van der Waals surface area (Å²) < 4.78 is 12.4. The fourth-order valence-corrected chi connectivity index (χ4v) is 1.32. The topological polar surface area (TPSA) is 0 Å². The maximum absolute atomic E-state index is 12.4. The van der Waals surface area contributed by atoms with Gasteiger partial charge in [0.05, 0.1) is 5.38 Å². The molecule has 2 atom stereocenters. The van der Waals surface area contributed by atoms with Gasteiger partial charge in [-0.2, -0.15) is 0 Å². The molecule has 8 heavy (non-hydrogen) atoms. The van der Waals surface area contributed by atoms with Gasteiger partial charge >= 0.3 is 0 Å². The third-order valence-electron chi connectivity index (χ3n) is 1.60. The van der Waals surface area contributed by atoms with E-state index >= 15 is 0 Å². The van der Waals surface area contributed by atoms with Crippen molar-refractivity contribution in [1.29, 1.82) is 0 Å². The molecular weight excluding hydrogens is 127 g/mol. The highest BCUT2D eigenvalue weighted by Crippen LogP contribution is 2.24. The Morgan fingerprint density at radius 3 is 2.25 bits per heavy atom. The highest BCUT2D eigenvalue weighted by Gasteiger charge is 2.21. The second kappa shape index (κ2) is 2.67. The van der Waals surface area contributed by atoms with Crippen molar-refractivity contribution in [2.75, 3.05) is 0 Å². The van der Waals surface area contributed by atoms with Crippen molar-refractivity contribution in [3.05, 3.63) is 0 Å². The van der Waals surface area contributed by atoms with Crippen molar-refractivity contribution in [3.8, 4) is 0 Å². The molecule has 0 amide bonds. The number of alkyl halides is 2. The summed E-state index contributed by atoms with van der Waals surface area (Å²) in [6.45, 7) is 0. The summed E-state index contributed by atoms with van der Waals surface area (Å²) in [5, 5.41) is -0.191. The predicted molar refractivity (Wildman–Crippen MR) is 33.0 cm³/mol. The minimum atomic E-state index is -0.731. The maximum atomic E-state index is 12.4. The summed E-state index contributed by atoms with van der Waals surface area (Å²) in [6, 6.07) is 0. The van der Waals surface area contributed by atoms with Crippen molar-refractivity contribution in [1.82, 2.24) is 0 Å². The van der Waals surface area contributed by atoms with Gasteiger partial charge in [0.1, 0.15) is 6.17 Å². The van der Waals surface area contributed by atoms with Crippen LogP contribution in [0.15, 0.2) is 0 Å². The quantitative estimate of drug-likeness (QED) is 0.449. The highest BCUT2D eigenvalue weighted by molar-refractivity contribution is 6.21. The van der Waals surface area contributed by atoms with Crippen LogP contribution in [0.3, 0.4) is 0 Å². The molecule has 0 aliphatic heterocycles. The molecule has 0 unspecified atom stereocenters. The molecule has 0 N–H and O–H groups in total. The van der Waals surface area contributed by atoms with Gasteiger partial charge in [-0.1, -0.05) is 12.8 Å². The fraction of sp³-hybridized carbons (Fsp3) is 1.00. The molecular formula is C6H10ClF. The first-order chi connectivity index (χ1) is 3.80. The van der Waals surface area contributed by atoms with Gasteiger partial charge in [-0.15, -0.1) is 11.6 Å². The van der Waals surface area contributed by atoms with Gasteiger partial charge in [0.25, 0.3) is 0 Å². The largest absolute Gasteiger partial charge is 0.246 e.